The average Bonchev–Trinajstić information content (AvgIpc) is 2.25. The van der Waals surface area contributed by atoms with Gasteiger partial charge in [-0.2, -0.15) is 0 Å². The van der Waals surface area contributed by atoms with E-state index in [-0.39, 0.29) is 11.1 Å². The molecule has 0 aliphatic rings. The zero-order chi connectivity index (χ0) is 16.0. The molecule has 3 heteroatoms. The molecule has 0 amide bonds. The summed E-state index contributed by atoms with van der Waals surface area (Å²) in [7, 11) is -1.63. The fraction of sp³-hybridized carbons (Fsp3) is 0.882. The Labute approximate surface area is 127 Å². The first-order valence-electron chi connectivity index (χ1n) is 7.98. The van der Waals surface area contributed by atoms with Crippen molar-refractivity contribution in [3.8, 4) is 0 Å². The predicted octanol–water partition coefficient (Wildman–Crippen LogP) is 5.14. The molecule has 0 aromatic heterocycles. The molecule has 0 aliphatic carbocycles. The highest BCUT2D eigenvalue weighted by molar-refractivity contribution is 6.74. The molecule has 0 spiro atoms. The summed E-state index contributed by atoms with van der Waals surface area (Å²) >= 11 is 0. The molecule has 0 saturated heterocycles. The molecule has 0 rings (SSSR count). The Morgan fingerprint density at radius 2 is 1.65 bits per heavy atom. The monoisotopic (exact) mass is 300 g/mol. The van der Waals surface area contributed by atoms with Crippen LogP contribution in [0, 0.1) is 5.92 Å². The van der Waals surface area contributed by atoms with Gasteiger partial charge in [-0.25, -0.2) is 0 Å². The van der Waals surface area contributed by atoms with Gasteiger partial charge in [0.25, 0.3) is 0 Å². The fourth-order valence-electron chi connectivity index (χ4n) is 1.70. The summed E-state index contributed by atoms with van der Waals surface area (Å²) < 4.78 is 6.32. The summed E-state index contributed by atoms with van der Waals surface area (Å²) in [6.45, 7) is 17.7. The van der Waals surface area contributed by atoms with Gasteiger partial charge in [0.2, 0.25) is 0 Å². The molecule has 0 radical (unpaired) electrons. The van der Waals surface area contributed by atoms with Crippen molar-refractivity contribution in [3.63, 3.8) is 0 Å². The molecule has 20 heavy (non-hydrogen) atoms. The molecule has 2 nitrogen and oxygen atoms in total. The second-order valence-electron chi connectivity index (χ2n) is 7.78. The van der Waals surface area contributed by atoms with Gasteiger partial charge in [0.15, 0.2) is 8.32 Å². The minimum absolute atomic E-state index is 0.216. The normalized spacial score (nSPS) is 16.9. The molecule has 0 unspecified atom stereocenters. The van der Waals surface area contributed by atoms with Crippen molar-refractivity contribution >= 4 is 8.32 Å². The van der Waals surface area contributed by atoms with Gasteiger partial charge < -0.3 is 9.53 Å². The van der Waals surface area contributed by atoms with Crippen LogP contribution in [-0.4, -0.2) is 25.6 Å². The molecule has 1 N–H and O–H groups in total. The fourth-order valence-corrected chi connectivity index (χ4v) is 3.17. The van der Waals surface area contributed by atoms with Crippen molar-refractivity contribution in [2.75, 3.05) is 0 Å². The van der Waals surface area contributed by atoms with Crippen LogP contribution in [0.25, 0.3) is 0 Å². The zero-order valence-electron chi connectivity index (χ0n) is 14.9. The van der Waals surface area contributed by atoms with Gasteiger partial charge >= 0.3 is 0 Å². The van der Waals surface area contributed by atoms with Crippen molar-refractivity contribution in [2.24, 2.45) is 5.92 Å². The lowest BCUT2D eigenvalue weighted by Crippen LogP contribution is -2.43. The Kier molecular flexibility index (Phi) is 8.30. The molecule has 0 aliphatic heterocycles. The summed E-state index contributed by atoms with van der Waals surface area (Å²) in [6, 6.07) is 0. The molecule has 0 aromatic carbocycles. The second-order valence-corrected chi connectivity index (χ2v) is 12.5. The molecule has 120 valence electrons. The Morgan fingerprint density at radius 3 is 2.10 bits per heavy atom. The van der Waals surface area contributed by atoms with Crippen LogP contribution in [0.4, 0.5) is 0 Å². The topological polar surface area (TPSA) is 29.5 Å². The molecule has 2 atom stereocenters. The van der Waals surface area contributed by atoms with Gasteiger partial charge in [-0.3, -0.25) is 0 Å². The SMILES string of the molecule is CC(C)[C@@H](O)C/C=C\CC[C@@H](C)O[Si](C)(C)C(C)(C)C. The first kappa shape index (κ1) is 19.9. The van der Waals surface area contributed by atoms with Gasteiger partial charge in [-0.15, -0.1) is 0 Å². The third kappa shape index (κ3) is 7.60. The van der Waals surface area contributed by atoms with Crippen LogP contribution in [0.1, 0.15) is 60.8 Å². The summed E-state index contributed by atoms with van der Waals surface area (Å²) in [6.07, 6.45) is 7.22. The van der Waals surface area contributed by atoms with Gasteiger partial charge in [-0.05, 0) is 50.2 Å². The van der Waals surface area contributed by atoms with E-state index in [9.17, 15) is 5.11 Å². The highest BCUT2D eigenvalue weighted by atomic mass is 28.4. The molecule has 0 saturated carbocycles. The van der Waals surface area contributed by atoms with E-state index in [0.29, 0.717) is 12.0 Å². The smallest absolute Gasteiger partial charge is 0.192 e. The summed E-state index contributed by atoms with van der Waals surface area (Å²) in [5.74, 6) is 0.334. The lowest BCUT2D eigenvalue weighted by atomic mass is 10.0. The highest BCUT2D eigenvalue weighted by Gasteiger charge is 2.38. The van der Waals surface area contributed by atoms with E-state index in [2.05, 4.69) is 52.9 Å². The lowest BCUT2D eigenvalue weighted by Gasteiger charge is -2.38. The van der Waals surface area contributed by atoms with E-state index in [1.54, 1.807) is 0 Å². The summed E-state index contributed by atoms with van der Waals surface area (Å²) in [4.78, 5) is 0. The summed E-state index contributed by atoms with van der Waals surface area (Å²) in [5.41, 5.74) is 0. The van der Waals surface area contributed by atoms with Gasteiger partial charge in [-0.1, -0.05) is 46.8 Å². The minimum atomic E-state index is -1.63. The first-order valence-corrected chi connectivity index (χ1v) is 10.9. The van der Waals surface area contributed by atoms with E-state index >= 15 is 0 Å². The van der Waals surface area contributed by atoms with E-state index in [1.165, 1.54) is 0 Å². The van der Waals surface area contributed by atoms with Crippen LogP contribution in [-0.2, 0) is 4.43 Å². The van der Waals surface area contributed by atoms with Crippen molar-refractivity contribution in [1.82, 2.24) is 0 Å². The lowest BCUT2D eigenvalue weighted by molar-refractivity contribution is 0.128. The second kappa shape index (κ2) is 8.35. The molecule has 0 aromatic rings. The van der Waals surface area contributed by atoms with Gasteiger partial charge in [0.1, 0.15) is 0 Å². The minimum Gasteiger partial charge on any atom is -0.414 e. The van der Waals surface area contributed by atoms with E-state index in [4.69, 9.17) is 4.43 Å². The van der Waals surface area contributed by atoms with Gasteiger partial charge in [0.05, 0.1) is 6.10 Å². The molecule has 0 heterocycles. The number of rotatable bonds is 8. The predicted molar refractivity (Wildman–Crippen MR) is 91.6 cm³/mol. The van der Waals surface area contributed by atoms with Gasteiger partial charge in [0, 0.05) is 6.10 Å². The van der Waals surface area contributed by atoms with Crippen molar-refractivity contribution in [1.29, 1.82) is 0 Å². The number of hydrogen-bond acceptors (Lipinski definition) is 2. The van der Waals surface area contributed by atoms with Crippen LogP contribution >= 0.6 is 0 Å². The Bertz CT molecular complexity index is 290. The van der Waals surface area contributed by atoms with Crippen LogP contribution < -0.4 is 0 Å². The highest BCUT2D eigenvalue weighted by Crippen LogP contribution is 2.37. The van der Waals surface area contributed by atoms with E-state index in [0.717, 1.165) is 19.3 Å². The van der Waals surface area contributed by atoms with Crippen molar-refractivity contribution in [2.45, 2.75) is 91.1 Å². The van der Waals surface area contributed by atoms with Crippen LogP contribution in [0.5, 0.6) is 0 Å². The molecule has 0 fully saturated rings. The Balaban J connectivity index is 4.01. The van der Waals surface area contributed by atoms with Crippen LogP contribution in [0.3, 0.4) is 0 Å². The summed E-state index contributed by atoms with van der Waals surface area (Å²) in [5, 5.41) is 9.98. The number of allylic oxidation sites excluding steroid dienone is 1. The number of hydrogen-bond donors (Lipinski definition) is 1. The maximum absolute atomic E-state index is 9.71. The van der Waals surface area contributed by atoms with Crippen LogP contribution in [0.2, 0.25) is 18.1 Å². The quantitative estimate of drug-likeness (QED) is 0.497. The van der Waals surface area contributed by atoms with E-state index < -0.39 is 8.32 Å². The maximum Gasteiger partial charge on any atom is 0.192 e. The number of aliphatic hydroxyl groups excluding tert-OH is 1. The van der Waals surface area contributed by atoms with Crippen molar-refractivity contribution in [3.05, 3.63) is 12.2 Å². The first-order chi connectivity index (χ1) is 8.97. The largest absolute Gasteiger partial charge is 0.414 e. The van der Waals surface area contributed by atoms with Crippen molar-refractivity contribution < 1.29 is 9.53 Å². The average molecular weight is 301 g/mol. The number of aliphatic hydroxyl groups is 1. The Hall–Kier alpha value is -0.123. The Morgan fingerprint density at radius 1 is 1.10 bits per heavy atom. The maximum atomic E-state index is 9.71. The molecular formula is C17H36O2Si. The third-order valence-electron chi connectivity index (χ3n) is 4.36. The molecular weight excluding hydrogens is 264 g/mol. The zero-order valence-corrected chi connectivity index (χ0v) is 15.9. The van der Waals surface area contributed by atoms with Crippen LogP contribution in [0.15, 0.2) is 12.2 Å². The molecule has 0 bridgehead atoms. The third-order valence-corrected chi connectivity index (χ3v) is 8.96. The standard InChI is InChI=1S/C17H36O2Si/c1-14(2)16(18)13-11-9-10-12-15(3)19-20(7,8)17(4,5)6/h9,11,14-16,18H,10,12-13H2,1-8H3/b11-9-/t15-,16+/m1/s1. The van der Waals surface area contributed by atoms with E-state index in [1.807, 2.05) is 13.8 Å².